The summed E-state index contributed by atoms with van der Waals surface area (Å²) in [6, 6.07) is 0. The third kappa shape index (κ3) is 9.63. The molecule has 0 unspecified atom stereocenters. The van der Waals surface area contributed by atoms with E-state index in [4.69, 9.17) is 16.2 Å². The van der Waals surface area contributed by atoms with Gasteiger partial charge in [0.15, 0.2) is 5.83 Å². The molecule has 0 aliphatic carbocycles. The van der Waals surface area contributed by atoms with Crippen LogP contribution in [0, 0.1) is 5.41 Å². The van der Waals surface area contributed by atoms with Crippen molar-refractivity contribution in [1.29, 1.82) is 5.41 Å². The summed E-state index contributed by atoms with van der Waals surface area (Å²) >= 11 is 0. The number of carboxylic acids is 1. The summed E-state index contributed by atoms with van der Waals surface area (Å²) in [7, 11) is 0. The van der Waals surface area contributed by atoms with Crippen molar-refractivity contribution in [1.82, 2.24) is 5.32 Å². The zero-order chi connectivity index (χ0) is 13.6. The molecule has 9 heteroatoms. The van der Waals surface area contributed by atoms with E-state index in [1.165, 1.54) is 13.8 Å². The van der Waals surface area contributed by atoms with Crippen LogP contribution in [0.5, 0.6) is 0 Å². The predicted octanol–water partition coefficient (Wildman–Crippen LogP) is 2.15. The summed E-state index contributed by atoms with van der Waals surface area (Å²) in [6.45, 7) is 2.21. The highest BCUT2D eigenvalue weighted by molar-refractivity contribution is 5.85. The maximum absolute atomic E-state index is 13.2. The van der Waals surface area contributed by atoms with Gasteiger partial charge in [0, 0.05) is 6.42 Å². The van der Waals surface area contributed by atoms with E-state index in [1.54, 1.807) is 0 Å². The first kappa shape index (κ1) is 23.2. The first-order valence-electron chi connectivity index (χ1n) is 5.01. The van der Waals surface area contributed by atoms with Gasteiger partial charge in [-0.25, -0.2) is 8.78 Å². The summed E-state index contributed by atoms with van der Waals surface area (Å²) in [5, 5.41) is 17.9. The van der Waals surface area contributed by atoms with Gasteiger partial charge in [-0.2, -0.15) is 0 Å². The standard InChI is InChI=1S/C10H17F2N3O2.2ClH/c1-6(13)15-5-8(12)7(11)3-4-10(2,14)9(16)17;;/h3-5,14H2,1-2H3,(H2,13,15)(H,16,17);2*1H/b8-7-;;/t10-;;/m1../s1. The normalized spacial score (nSPS) is 14.2. The summed E-state index contributed by atoms with van der Waals surface area (Å²) in [5.41, 5.74) is 3.79. The van der Waals surface area contributed by atoms with Gasteiger partial charge >= 0.3 is 5.97 Å². The molecule has 0 amide bonds. The highest BCUT2D eigenvalue weighted by atomic mass is 35.5. The van der Waals surface area contributed by atoms with Crippen molar-refractivity contribution in [3.8, 4) is 0 Å². The van der Waals surface area contributed by atoms with E-state index in [2.05, 4.69) is 5.32 Å². The van der Waals surface area contributed by atoms with E-state index in [-0.39, 0.29) is 43.5 Å². The van der Waals surface area contributed by atoms with Crippen LogP contribution in [0.4, 0.5) is 8.78 Å². The largest absolute Gasteiger partial charge is 0.480 e. The van der Waals surface area contributed by atoms with Gasteiger partial charge in [0.05, 0.1) is 12.4 Å². The summed E-state index contributed by atoms with van der Waals surface area (Å²) in [6.07, 6.45) is -0.588. The van der Waals surface area contributed by atoms with Gasteiger partial charge < -0.3 is 16.2 Å². The number of amidine groups is 1. The molecule has 114 valence electrons. The molecular formula is C10H19Cl2F2N3O2. The van der Waals surface area contributed by atoms with Crippen LogP contribution in [0.1, 0.15) is 26.7 Å². The SMILES string of the molecule is CC(=N)NC/C(F)=C(/F)CC[C@@](C)(N)C(=O)O.Cl.Cl. The molecule has 0 aromatic rings. The predicted molar refractivity (Wildman–Crippen MR) is 74.6 cm³/mol. The van der Waals surface area contributed by atoms with Crippen molar-refractivity contribution in [2.24, 2.45) is 5.73 Å². The lowest BCUT2D eigenvalue weighted by Crippen LogP contribution is -2.44. The lowest BCUT2D eigenvalue weighted by Gasteiger charge is -2.18. The van der Waals surface area contributed by atoms with Crippen LogP contribution in [0.25, 0.3) is 0 Å². The van der Waals surface area contributed by atoms with E-state index in [0.717, 1.165) is 0 Å². The highest BCUT2D eigenvalue weighted by Crippen LogP contribution is 2.18. The maximum atomic E-state index is 13.2. The Morgan fingerprint density at radius 1 is 1.37 bits per heavy atom. The second kappa shape index (κ2) is 9.94. The molecule has 0 rings (SSSR count). The zero-order valence-electron chi connectivity index (χ0n) is 10.6. The van der Waals surface area contributed by atoms with E-state index in [9.17, 15) is 13.6 Å². The van der Waals surface area contributed by atoms with Gasteiger partial charge in [-0.05, 0) is 20.3 Å². The number of carbonyl (C=O) groups is 1. The Bertz CT molecular complexity index is 350. The first-order valence-corrected chi connectivity index (χ1v) is 5.01. The number of aliphatic carboxylic acids is 1. The van der Waals surface area contributed by atoms with Gasteiger partial charge in [0.1, 0.15) is 11.4 Å². The van der Waals surface area contributed by atoms with Crippen molar-refractivity contribution >= 4 is 36.6 Å². The monoisotopic (exact) mass is 321 g/mol. The Balaban J connectivity index is -0.00000128. The quantitative estimate of drug-likeness (QED) is 0.445. The number of nitrogens with two attached hydrogens (primary N) is 1. The lowest BCUT2D eigenvalue weighted by atomic mass is 9.97. The third-order valence-corrected chi connectivity index (χ3v) is 2.16. The number of rotatable bonds is 6. The van der Waals surface area contributed by atoms with Crippen molar-refractivity contribution in [2.45, 2.75) is 32.2 Å². The third-order valence-electron chi connectivity index (χ3n) is 2.16. The van der Waals surface area contributed by atoms with Crippen LogP contribution in [0.15, 0.2) is 11.7 Å². The molecule has 0 aliphatic rings. The molecule has 1 atom stereocenters. The summed E-state index contributed by atoms with van der Waals surface area (Å²) in [5.74, 6) is -3.34. The molecular weight excluding hydrogens is 303 g/mol. The molecule has 0 radical (unpaired) electrons. The van der Waals surface area contributed by atoms with Crippen molar-refractivity contribution in [3.05, 3.63) is 11.7 Å². The first-order chi connectivity index (χ1) is 7.66. The fourth-order valence-corrected chi connectivity index (χ4v) is 0.918. The maximum Gasteiger partial charge on any atom is 0.323 e. The Kier molecular flexibility index (Phi) is 12.1. The fraction of sp³-hybridized carbons (Fsp3) is 0.600. The van der Waals surface area contributed by atoms with Crippen LogP contribution >= 0.6 is 24.8 Å². The molecule has 0 fully saturated rings. The number of halogens is 4. The van der Waals surface area contributed by atoms with E-state index in [1.807, 2.05) is 0 Å². The molecule has 0 aromatic carbocycles. The number of hydrogen-bond acceptors (Lipinski definition) is 3. The van der Waals surface area contributed by atoms with Gasteiger partial charge in [0.2, 0.25) is 0 Å². The van der Waals surface area contributed by atoms with Crippen LogP contribution in [0.2, 0.25) is 0 Å². The topological polar surface area (TPSA) is 99.2 Å². The molecule has 0 saturated heterocycles. The van der Waals surface area contributed by atoms with Crippen LogP contribution < -0.4 is 11.1 Å². The smallest absolute Gasteiger partial charge is 0.323 e. The van der Waals surface area contributed by atoms with Crippen molar-refractivity contribution in [3.63, 3.8) is 0 Å². The molecule has 0 aliphatic heterocycles. The van der Waals surface area contributed by atoms with E-state index in [0.29, 0.717) is 0 Å². The molecule has 5 N–H and O–H groups in total. The Morgan fingerprint density at radius 2 is 1.84 bits per heavy atom. The molecule has 5 nitrogen and oxygen atoms in total. The van der Waals surface area contributed by atoms with E-state index < -0.39 is 29.7 Å². The minimum Gasteiger partial charge on any atom is -0.480 e. The molecule has 0 heterocycles. The fourth-order valence-electron chi connectivity index (χ4n) is 0.918. The molecule has 0 bridgehead atoms. The second-order valence-corrected chi connectivity index (χ2v) is 4.01. The molecule has 0 aromatic heterocycles. The Morgan fingerprint density at radius 3 is 2.21 bits per heavy atom. The minimum absolute atomic E-state index is 0. The lowest BCUT2D eigenvalue weighted by molar-refractivity contribution is -0.142. The zero-order valence-corrected chi connectivity index (χ0v) is 12.3. The van der Waals surface area contributed by atoms with Crippen molar-refractivity contribution in [2.75, 3.05) is 6.54 Å². The Labute approximate surface area is 123 Å². The van der Waals surface area contributed by atoms with Crippen LogP contribution in [-0.2, 0) is 4.79 Å². The van der Waals surface area contributed by atoms with Crippen LogP contribution in [0.3, 0.4) is 0 Å². The second-order valence-electron chi connectivity index (χ2n) is 4.01. The average molecular weight is 322 g/mol. The van der Waals surface area contributed by atoms with Gasteiger partial charge in [-0.15, -0.1) is 24.8 Å². The minimum atomic E-state index is -1.58. The number of nitrogens with one attached hydrogen (secondary N) is 2. The number of hydrogen-bond donors (Lipinski definition) is 4. The van der Waals surface area contributed by atoms with Gasteiger partial charge in [-0.3, -0.25) is 10.2 Å². The average Bonchev–Trinajstić information content (AvgIpc) is 2.22. The van der Waals surface area contributed by atoms with Crippen molar-refractivity contribution < 1.29 is 18.7 Å². The molecule has 0 spiro atoms. The molecule has 0 saturated carbocycles. The van der Waals surface area contributed by atoms with Gasteiger partial charge in [0.25, 0.3) is 0 Å². The molecule has 19 heavy (non-hydrogen) atoms. The highest BCUT2D eigenvalue weighted by Gasteiger charge is 2.28. The number of allylic oxidation sites excluding steroid dienone is 1. The summed E-state index contributed by atoms with van der Waals surface area (Å²) in [4.78, 5) is 10.6. The van der Waals surface area contributed by atoms with Gasteiger partial charge in [-0.1, -0.05) is 0 Å². The van der Waals surface area contributed by atoms with Crippen LogP contribution in [-0.4, -0.2) is 29.0 Å². The van der Waals surface area contributed by atoms with E-state index >= 15 is 0 Å². The number of carboxylic acid groups (broad SMARTS) is 1. The summed E-state index contributed by atoms with van der Waals surface area (Å²) < 4.78 is 26.3. The Hall–Kier alpha value is -0.920.